The van der Waals surface area contributed by atoms with Gasteiger partial charge in [-0.3, -0.25) is 4.79 Å². The van der Waals surface area contributed by atoms with Crippen LogP contribution in [0.5, 0.6) is 0 Å². The molecule has 0 unspecified atom stereocenters. The number of hydrogen-bond acceptors (Lipinski definition) is 2. The van der Waals surface area contributed by atoms with Gasteiger partial charge in [-0.15, -0.1) is 0 Å². The van der Waals surface area contributed by atoms with Gasteiger partial charge in [0.25, 0.3) is 0 Å². The van der Waals surface area contributed by atoms with Crippen LogP contribution in [0.2, 0.25) is 5.02 Å². The van der Waals surface area contributed by atoms with Crippen LogP contribution >= 0.6 is 11.6 Å². The van der Waals surface area contributed by atoms with Crippen LogP contribution in [-0.4, -0.2) is 18.3 Å². The van der Waals surface area contributed by atoms with Crippen molar-refractivity contribution in [2.75, 3.05) is 11.1 Å². The van der Waals surface area contributed by atoms with Crippen molar-refractivity contribution >= 4 is 28.9 Å². The van der Waals surface area contributed by atoms with Crippen molar-refractivity contribution in [2.45, 2.75) is 12.3 Å². The zero-order valence-electron chi connectivity index (χ0n) is 8.18. The molecule has 1 aromatic carbocycles. The third kappa shape index (κ3) is 3.00. The largest absolute Gasteiger partial charge is 0.399 e. The molecule has 1 amide bonds. The van der Waals surface area contributed by atoms with Crippen LogP contribution in [0.4, 0.5) is 28.9 Å². The smallest absolute Gasteiger partial charge is 0.383 e. The molecule has 0 fully saturated rings. The van der Waals surface area contributed by atoms with Crippen molar-refractivity contribution < 1.29 is 22.4 Å². The summed E-state index contributed by atoms with van der Waals surface area (Å²) in [5.41, 5.74) is 5.35. The highest BCUT2D eigenvalue weighted by Crippen LogP contribution is 2.28. The summed E-state index contributed by atoms with van der Waals surface area (Å²) in [6.07, 6.45) is -4.09. The molecular formula is C9H7ClF4N2O. The molecule has 94 valence electrons. The fourth-order valence-corrected chi connectivity index (χ4v) is 1.17. The Morgan fingerprint density at radius 1 is 1.41 bits per heavy atom. The van der Waals surface area contributed by atoms with Crippen LogP contribution in [0.25, 0.3) is 0 Å². The number of hydrogen-bond donors (Lipinski definition) is 2. The van der Waals surface area contributed by atoms with Crippen molar-refractivity contribution in [3.05, 3.63) is 23.2 Å². The molecule has 1 rings (SSSR count). The molecule has 1 aromatic rings. The molecule has 0 saturated carbocycles. The van der Waals surface area contributed by atoms with Crippen molar-refractivity contribution in [3.8, 4) is 0 Å². The number of anilines is 2. The van der Waals surface area contributed by atoms with Crippen LogP contribution in [0.1, 0.15) is 0 Å². The minimum atomic E-state index is -4.77. The molecule has 0 radical (unpaired) electrons. The Hall–Kier alpha value is -1.50. The first-order valence-electron chi connectivity index (χ1n) is 4.27. The zero-order chi connectivity index (χ0) is 13.2. The maximum atomic E-state index is 12.6. The van der Waals surface area contributed by atoms with Gasteiger partial charge >= 0.3 is 18.3 Å². The normalized spacial score (nSPS) is 11.6. The second kappa shape index (κ2) is 4.79. The van der Waals surface area contributed by atoms with E-state index in [1.54, 1.807) is 5.32 Å². The maximum Gasteiger partial charge on any atom is 0.383 e. The first-order chi connectivity index (χ1) is 7.75. The van der Waals surface area contributed by atoms with E-state index in [1.807, 2.05) is 0 Å². The van der Waals surface area contributed by atoms with E-state index in [0.29, 0.717) is 0 Å². The summed E-state index contributed by atoms with van der Waals surface area (Å²) in [5.74, 6) is -6.90. The Labute approximate surface area is 98.5 Å². The summed E-state index contributed by atoms with van der Waals surface area (Å²) in [6, 6.07) is 3.61. The molecule has 8 heteroatoms. The topological polar surface area (TPSA) is 55.1 Å². The highest BCUT2D eigenvalue weighted by atomic mass is 35.5. The van der Waals surface area contributed by atoms with E-state index in [9.17, 15) is 22.4 Å². The van der Waals surface area contributed by atoms with Gasteiger partial charge in [0.05, 0.1) is 10.7 Å². The quantitative estimate of drug-likeness (QED) is 0.655. The van der Waals surface area contributed by atoms with Gasteiger partial charge in [-0.05, 0) is 18.2 Å². The lowest BCUT2D eigenvalue weighted by molar-refractivity contribution is -0.163. The highest BCUT2D eigenvalue weighted by Gasteiger charge is 2.49. The number of halogens is 5. The van der Waals surface area contributed by atoms with Crippen LogP contribution in [0, 0.1) is 0 Å². The Kier molecular flexibility index (Phi) is 3.82. The molecule has 0 saturated heterocycles. The average Bonchev–Trinajstić information content (AvgIpc) is 2.21. The summed E-state index contributed by atoms with van der Waals surface area (Å²) >= 11 is 5.58. The van der Waals surface area contributed by atoms with Crippen molar-refractivity contribution in [1.29, 1.82) is 0 Å². The van der Waals surface area contributed by atoms with E-state index in [1.165, 1.54) is 12.1 Å². The Morgan fingerprint density at radius 2 is 2.00 bits per heavy atom. The molecular weight excluding hydrogens is 264 g/mol. The predicted molar refractivity (Wildman–Crippen MR) is 55.4 cm³/mol. The van der Waals surface area contributed by atoms with Crippen molar-refractivity contribution in [1.82, 2.24) is 0 Å². The molecule has 0 heterocycles. The lowest BCUT2D eigenvalue weighted by Gasteiger charge is -2.15. The average molecular weight is 271 g/mol. The molecule has 0 bridgehead atoms. The third-order valence-corrected chi connectivity index (χ3v) is 2.13. The Morgan fingerprint density at radius 3 is 2.47 bits per heavy atom. The number of rotatable bonds is 3. The molecule has 0 aliphatic heterocycles. The van der Waals surface area contributed by atoms with E-state index in [4.69, 9.17) is 17.3 Å². The number of carbonyl (C=O) groups is 1. The molecule has 0 aliphatic carbocycles. The van der Waals surface area contributed by atoms with Crippen LogP contribution in [0.3, 0.4) is 0 Å². The zero-order valence-corrected chi connectivity index (χ0v) is 8.94. The van der Waals surface area contributed by atoms with Crippen molar-refractivity contribution in [2.24, 2.45) is 0 Å². The van der Waals surface area contributed by atoms with E-state index in [0.717, 1.165) is 6.07 Å². The number of alkyl halides is 4. The molecule has 0 atom stereocenters. The summed E-state index contributed by atoms with van der Waals surface area (Å²) in [7, 11) is 0. The van der Waals surface area contributed by atoms with Gasteiger partial charge in [0.15, 0.2) is 0 Å². The van der Waals surface area contributed by atoms with Gasteiger partial charge in [0.1, 0.15) is 0 Å². The SMILES string of the molecule is Nc1ccc(NC(=O)C(F)(F)C(F)F)c(Cl)c1. The lowest BCUT2D eigenvalue weighted by atomic mass is 10.2. The summed E-state index contributed by atoms with van der Waals surface area (Å²) in [4.78, 5) is 10.9. The first-order valence-corrected chi connectivity index (χ1v) is 4.65. The fourth-order valence-electron chi connectivity index (χ4n) is 0.937. The van der Waals surface area contributed by atoms with Crippen molar-refractivity contribution in [3.63, 3.8) is 0 Å². The Balaban J connectivity index is 2.89. The second-order valence-corrected chi connectivity index (χ2v) is 3.52. The first kappa shape index (κ1) is 13.6. The van der Waals surface area contributed by atoms with Crippen LogP contribution < -0.4 is 11.1 Å². The summed E-state index contributed by atoms with van der Waals surface area (Å²) in [5, 5.41) is 1.48. The van der Waals surface area contributed by atoms with E-state index in [2.05, 4.69) is 0 Å². The summed E-state index contributed by atoms with van der Waals surface area (Å²) in [6.45, 7) is 0. The minimum absolute atomic E-state index is 0.122. The van der Waals surface area contributed by atoms with Gasteiger partial charge in [0.2, 0.25) is 0 Å². The lowest BCUT2D eigenvalue weighted by Crippen LogP contribution is -2.41. The fraction of sp³-hybridized carbons (Fsp3) is 0.222. The van der Waals surface area contributed by atoms with E-state index in [-0.39, 0.29) is 16.4 Å². The number of nitrogen functional groups attached to an aromatic ring is 1. The van der Waals surface area contributed by atoms with Gasteiger partial charge in [-0.1, -0.05) is 11.6 Å². The standard InChI is InChI=1S/C9H7ClF4N2O/c10-5-3-4(15)1-2-6(5)16-8(17)9(13,14)7(11)12/h1-3,7H,15H2,(H,16,17). The van der Waals surface area contributed by atoms with Gasteiger partial charge in [0, 0.05) is 5.69 Å². The van der Waals surface area contributed by atoms with Gasteiger partial charge < -0.3 is 11.1 Å². The highest BCUT2D eigenvalue weighted by molar-refractivity contribution is 6.34. The minimum Gasteiger partial charge on any atom is -0.399 e. The van der Waals surface area contributed by atoms with Gasteiger partial charge in [-0.25, -0.2) is 8.78 Å². The van der Waals surface area contributed by atoms with Crippen LogP contribution in [-0.2, 0) is 4.79 Å². The molecule has 0 aromatic heterocycles. The molecule has 0 spiro atoms. The number of amides is 1. The third-order valence-electron chi connectivity index (χ3n) is 1.82. The monoisotopic (exact) mass is 270 g/mol. The maximum absolute atomic E-state index is 12.6. The van der Waals surface area contributed by atoms with Crippen LogP contribution in [0.15, 0.2) is 18.2 Å². The number of benzene rings is 1. The predicted octanol–water partition coefficient (Wildman–Crippen LogP) is 2.76. The number of nitrogens with one attached hydrogen (secondary N) is 1. The number of nitrogens with two attached hydrogens (primary N) is 1. The summed E-state index contributed by atoms with van der Waals surface area (Å²) < 4.78 is 48.9. The molecule has 3 N–H and O–H groups in total. The van der Waals surface area contributed by atoms with Gasteiger partial charge in [-0.2, -0.15) is 8.78 Å². The van der Waals surface area contributed by atoms with E-state index < -0.39 is 18.3 Å². The molecule has 17 heavy (non-hydrogen) atoms. The second-order valence-electron chi connectivity index (χ2n) is 3.12. The molecule has 3 nitrogen and oxygen atoms in total. The van der Waals surface area contributed by atoms with E-state index >= 15 is 0 Å². The Bertz CT molecular complexity index is 439. The molecule has 0 aliphatic rings. The number of carbonyl (C=O) groups excluding carboxylic acids is 1.